The molecule has 0 bridgehead atoms. The van der Waals surface area contributed by atoms with E-state index in [2.05, 4.69) is 36.5 Å². The Balaban J connectivity index is 1.67. The van der Waals surface area contributed by atoms with Crippen LogP contribution < -0.4 is 5.32 Å². The minimum Gasteiger partial charge on any atom is -0.356 e. The summed E-state index contributed by atoms with van der Waals surface area (Å²) >= 11 is 0. The number of carbonyl (C=O) groups is 1. The molecule has 0 aliphatic carbocycles. The van der Waals surface area contributed by atoms with Crippen LogP contribution in [-0.2, 0) is 21.2 Å². The molecule has 2 rings (SSSR count). The van der Waals surface area contributed by atoms with Gasteiger partial charge in [0.1, 0.15) is 0 Å². The Morgan fingerprint density at radius 2 is 1.83 bits per heavy atom. The van der Waals surface area contributed by atoms with Gasteiger partial charge in [-0.05, 0) is 45.1 Å². The summed E-state index contributed by atoms with van der Waals surface area (Å²) in [4.78, 5) is 12.2. The molecule has 0 aromatic heterocycles. The maximum atomic E-state index is 12.2. The quantitative estimate of drug-likeness (QED) is 0.764. The zero-order chi connectivity index (χ0) is 17.6. The number of piperidine rings is 1. The molecule has 0 spiro atoms. The van der Waals surface area contributed by atoms with E-state index in [1.54, 1.807) is 6.92 Å². The van der Waals surface area contributed by atoms with Crippen molar-refractivity contribution in [3.05, 3.63) is 35.4 Å². The van der Waals surface area contributed by atoms with Gasteiger partial charge >= 0.3 is 0 Å². The van der Waals surface area contributed by atoms with Crippen LogP contribution in [0.15, 0.2) is 24.3 Å². The Kier molecular flexibility index (Phi) is 6.80. The fourth-order valence-electron chi connectivity index (χ4n) is 2.98. The van der Waals surface area contributed by atoms with Gasteiger partial charge in [-0.15, -0.1) is 0 Å². The van der Waals surface area contributed by atoms with Crippen LogP contribution in [0.4, 0.5) is 0 Å². The van der Waals surface area contributed by atoms with Gasteiger partial charge in [0.15, 0.2) is 0 Å². The molecule has 5 nitrogen and oxygen atoms in total. The van der Waals surface area contributed by atoms with Crippen molar-refractivity contribution in [1.29, 1.82) is 0 Å². The third-order valence-corrected chi connectivity index (χ3v) is 6.53. The SMILES string of the molecule is CCS(=O)(=O)N1CCC(C(=O)NCCCc2ccc(C)cc2)CC1. The molecule has 1 aromatic carbocycles. The van der Waals surface area contributed by atoms with Crippen LogP contribution in [-0.4, -0.2) is 44.0 Å². The molecule has 1 heterocycles. The van der Waals surface area contributed by atoms with E-state index in [4.69, 9.17) is 0 Å². The Morgan fingerprint density at radius 3 is 2.42 bits per heavy atom. The summed E-state index contributed by atoms with van der Waals surface area (Å²) in [7, 11) is -3.12. The van der Waals surface area contributed by atoms with Gasteiger partial charge in [0.2, 0.25) is 15.9 Å². The number of carbonyl (C=O) groups excluding carboxylic acids is 1. The van der Waals surface area contributed by atoms with E-state index in [0.717, 1.165) is 12.8 Å². The lowest BCUT2D eigenvalue weighted by molar-refractivity contribution is -0.126. The first-order valence-electron chi connectivity index (χ1n) is 8.73. The number of hydrogen-bond donors (Lipinski definition) is 1. The van der Waals surface area contributed by atoms with Gasteiger partial charge in [0.25, 0.3) is 0 Å². The number of rotatable bonds is 7. The van der Waals surface area contributed by atoms with Crippen molar-refractivity contribution in [3.8, 4) is 0 Å². The van der Waals surface area contributed by atoms with Gasteiger partial charge in [-0.2, -0.15) is 0 Å². The lowest BCUT2D eigenvalue weighted by atomic mass is 9.97. The van der Waals surface area contributed by atoms with Crippen molar-refractivity contribution in [3.63, 3.8) is 0 Å². The molecule has 1 amide bonds. The average Bonchev–Trinajstić information content (AvgIpc) is 2.60. The number of aryl methyl sites for hydroxylation is 2. The van der Waals surface area contributed by atoms with Crippen LogP contribution in [0.2, 0.25) is 0 Å². The predicted octanol–water partition coefficient (Wildman–Crippen LogP) is 2.11. The van der Waals surface area contributed by atoms with E-state index in [1.807, 2.05) is 0 Å². The molecule has 1 N–H and O–H groups in total. The first kappa shape index (κ1) is 18.9. The van der Waals surface area contributed by atoms with Crippen molar-refractivity contribution < 1.29 is 13.2 Å². The Morgan fingerprint density at radius 1 is 1.21 bits per heavy atom. The Labute approximate surface area is 145 Å². The van der Waals surface area contributed by atoms with Crippen molar-refractivity contribution >= 4 is 15.9 Å². The van der Waals surface area contributed by atoms with Gasteiger partial charge in [-0.25, -0.2) is 12.7 Å². The highest BCUT2D eigenvalue weighted by atomic mass is 32.2. The average molecular weight is 353 g/mol. The summed E-state index contributed by atoms with van der Waals surface area (Å²) in [5.74, 6) is 0.128. The molecule has 1 aliphatic rings. The molecule has 0 saturated carbocycles. The third-order valence-electron chi connectivity index (χ3n) is 4.64. The number of hydrogen-bond acceptors (Lipinski definition) is 3. The van der Waals surface area contributed by atoms with Crippen LogP contribution in [0.1, 0.15) is 37.3 Å². The number of sulfonamides is 1. The standard InChI is InChI=1S/C18H28N2O3S/c1-3-24(22,23)20-13-10-17(11-14-20)18(21)19-12-4-5-16-8-6-15(2)7-9-16/h6-9,17H,3-5,10-14H2,1-2H3,(H,19,21). The second kappa shape index (κ2) is 8.62. The molecule has 134 valence electrons. The highest BCUT2D eigenvalue weighted by Crippen LogP contribution is 2.20. The maximum Gasteiger partial charge on any atom is 0.223 e. The van der Waals surface area contributed by atoms with E-state index in [9.17, 15) is 13.2 Å². The monoisotopic (exact) mass is 352 g/mol. The lowest BCUT2D eigenvalue weighted by Gasteiger charge is -2.30. The lowest BCUT2D eigenvalue weighted by Crippen LogP contribution is -2.43. The summed E-state index contributed by atoms with van der Waals surface area (Å²) < 4.78 is 25.2. The van der Waals surface area contributed by atoms with Crippen molar-refractivity contribution in [1.82, 2.24) is 9.62 Å². The number of benzene rings is 1. The molecule has 0 radical (unpaired) electrons. The minimum absolute atomic E-state index is 0.0623. The van der Waals surface area contributed by atoms with Gasteiger partial charge < -0.3 is 5.32 Å². The van der Waals surface area contributed by atoms with E-state index in [1.165, 1.54) is 15.4 Å². The molecular weight excluding hydrogens is 324 g/mol. The highest BCUT2D eigenvalue weighted by molar-refractivity contribution is 7.89. The summed E-state index contributed by atoms with van der Waals surface area (Å²) in [6, 6.07) is 8.46. The molecule has 1 aliphatic heterocycles. The van der Waals surface area contributed by atoms with Gasteiger partial charge in [-0.1, -0.05) is 29.8 Å². The van der Waals surface area contributed by atoms with Gasteiger partial charge in [-0.3, -0.25) is 4.79 Å². The molecule has 1 saturated heterocycles. The van der Waals surface area contributed by atoms with Crippen molar-refractivity contribution in [2.75, 3.05) is 25.4 Å². The highest BCUT2D eigenvalue weighted by Gasteiger charge is 2.29. The summed E-state index contributed by atoms with van der Waals surface area (Å²) in [5.41, 5.74) is 2.54. The van der Waals surface area contributed by atoms with Crippen LogP contribution in [0.25, 0.3) is 0 Å². The minimum atomic E-state index is -3.12. The zero-order valence-electron chi connectivity index (χ0n) is 14.6. The first-order valence-corrected chi connectivity index (χ1v) is 10.3. The summed E-state index contributed by atoms with van der Waals surface area (Å²) in [5, 5.41) is 2.99. The Bertz CT molecular complexity index is 633. The van der Waals surface area contributed by atoms with E-state index >= 15 is 0 Å². The first-order chi connectivity index (χ1) is 11.4. The summed E-state index contributed by atoms with van der Waals surface area (Å²) in [6.45, 7) is 5.30. The molecule has 1 fully saturated rings. The fourth-order valence-corrected chi connectivity index (χ4v) is 4.11. The van der Waals surface area contributed by atoms with E-state index in [0.29, 0.717) is 32.5 Å². The number of amides is 1. The van der Waals surface area contributed by atoms with Gasteiger partial charge in [0.05, 0.1) is 5.75 Å². The number of nitrogens with one attached hydrogen (secondary N) is 1. The largest absolute Gasteiger partial charge is 0.356 e. The number of nitrogens with zero attached hydrogens (tertiary/aromatic N) is 1. The van der Waals surface area contributed by atoms with Crippen LogP contribution >= 0.6 is 0 Å². The smallest absolute Gasteiger partial charge is 0.223 e. The molecule has 0 atom stereocenters. The van der Waals surface area contributed by atoms with E-state index < -0.39 is 10.0 Å². The van der Waals surface area contributed by atoms with Crippen LogP contribution in [0.5, 0.6) is 0 Å². The molecule has 24 heavy (non-hydrogen) atoms. The van der Waals surface area contributed by atoms with Crippen LogP contribution in [0, 0.1) is 12.8 Å². The predicted molar refractivity (Wildman–Crippen MR) is 96.3 cm³/mol. The molecule has 6 heteroatoms. The topological polar surface area (TPSA) is 66.5 Å². The normalized spacial score (nSPS) is 16.9. The van der Waals surface area contributed by atoms with Crippen molar-refractivity contribution in [2.45, 2.75) is 39.5 Å². The third kappa shape index (κ3) is 5.31. The van der Waals surface area contributed by atoms with Crippen molar-refractivity contribution in [2.24, 2.45) is 5.92 Å². The van der Waals surface area contributed by atoms with Gasteiger partial charge in [0, 0.05) is 25.6 Å². The Hall–Kier alpha value is -1.40. The maximum absolute atomic E-state index is 12.2. The van der Waals surface area contributed by atoms with E-state index in [-0.39, 0.29) is 17.6 Å². The summed E-state index contributed by atoms with van der Waals surface area (Å²) in [6.07, 6.45) is 3.09. The molecular formula is C18H28N2O3S. The van der Waals surface area contributed by atoms with Crippen LogP contribution in [0.3, 0.4) is 0 Å². The second-order valence-corrected chi connectivity index (χ2v) is 8.71. The fraction of sp³-hybridized carbons (Fsp3) is 0.611. The molecule has 0 unspecified atom stereocenters. The molecule has 1 aromatic rings. The zero-order valence-corrected chi connectivity index (χ0v) is 15.4. The second-order valence-electron chi connectivity index (χ2n) is 6.45.